The van der Waals surface area contributed by atoms with Crippen LogP contribution in [0.4, 0.5) is 0 Å². The number of alkyl halides is 1. The number of likely N-dealkylation sites (tertiary alicyclic amines) is 1. The lowest BCUT2D eigenvalue weighted by Crippen LogP contribution is -2.50. The molecule has 1 spiro atoms. The molecule has 0 aromatic carbocycles. The number of hydrogen-bond donors (Lipinski definition) is 1. The summed E-state index contributed by atoms with van der Waals surface area (Å²) in [5.74, 6) is 3.12. The number of halogens is 1. The average Bonchev–Trinajstić information content (AvgIpc) is 3.17. The maximum Gasteiger partial charge on any atom is 0.146 e. The average molecular weight is 406 g/mol. The number of carbonyl (C=O) groups excluding carboxylic acids is 1. The van der Waals surface area contributed by atoms with Gasteiger partial charge in [-0.05, 0) is 81.1 Å². The second kappa shape index (κ2) is 6.56. The molecule has 5 rings (SSSR count). The topological polar surface area (TPSA) is 40.5 Å². The highest BCUT2D eigenvalue weighted by molar-refractivity contribution is 6.18. The van der Waals surface area contributed by atoms with Gasteiger partial charge in [-0.25, -0.2) is 0 Å². The Morgan fingerprint density at radius 3 is 2.75 bits per heavy atom. The Morgan fingerprint density at radius 2 is 1.96 bits per heavy atom. The van der Waals surface area contributed by atoms with Gasteiger partial charge in [0.1, 0.15) is 5.78 Å². The fourth-order valence-electron chi connectivity index (χ4n) is 8.36. The van der Waals surface area contributed by atoms with Crippen molar-refractivity contribution in [2.45, 2.75) is 71.3 Å². The molecule has 7 atom stereocenters. The maximum absolute atomic E-state index is 13.8. The highest BCUT2D eigenvalue weighted by Crippen LogP contribution is 2.67. The van der Waals surface area contributed by atoms with Crippen LogP contribution in [-0.2, 0) is 4.79 Å². The van der Waals surface area contributed by atoms with E-state index < -0.39 is 0 Å². The molecule has 0 aromatic heterocycles. The van der Waals surface area contributed by atoms with E-state index in [0.29, 0.717) is 29.4 Å². The Labute approximate surface area is 174 Å². The molecule has 0 aromatic rings. The van der Waals surface area contributed by atoms with Gasteiger partial charge in [0, 0.05) is 29.8 Å². The van der Waals surface area contributed by atoms with Gasteiger partial charge in [0.25, 0.3) is 0 Å². The van der Waals surface area contributed by atoms with Gasteiger partial charge in [-0.15, -0.1) is 11.6 Å². The van der Waals surface area contributed by atoms with E-state index in [2.05, 4.69) is 24.8 Å². The molecule has 1 N–H and O–H groups in total. The molecule has 1 aliphatic heterocycles. The summed E-state index contributed by atoms with van der Waals surface area (Å²) < 4.78 is 0. The summed E-state index contributed by atoms with van der Waals surface area (Å²) in [6, 6.07) is 0. The van der Waals surface area contributed by atoms with Gasteiger partial charge >= 0.3 is 0 Å². The third-order valence-electron chi connectivity index (χ3n) is 9.91. The summed E-state index contributed by atoms with van der Waals surface area (Å²) >= 11 is 5.99. The molecule has 4 aliphatic carbocycles. The van der Waals surface area contributed by atoms with Crippen molar-refractivity contribution in [3.8, 4) is 0 Å². The number of aliphatic hydroxyl groups is 1. The number of hydrogen-bond acceptors (Lipinski definition) is 3. The fraction of sp³-hybridized carbons (Fsp3) is 0.875. The van der Waals surface area contributed by atoms with Crippen molar-refractivity contribution < 1.29 is 9.90 Å². The number of aliphatic hydroxyl groups excluding tert-OH is 1. The van der Waals surface area contributed by atoms with E-state index >= 15 is 0 Å². The van der Waals surface area contributed by atoms with Gasteiger partial charge in [-0.2, -0.15) is 0 Å². The third-order valence-corrected chi connectivity index (χ3v) is 10.1. The summed E-state index contributed by atoms with van der Waals surface area (Å²) in [6.45, 7) is 7.66. The van der Waals surface area contributed by atoms with Crippen molar-refractivity contribution in [1.29, 1.82) is 0 Å². The van der Waals surface area contributed by atoms with Crippen molar-refractivity contribution in [2.24, 2.45) is 34.0 Å². The number of nitrogens with zero attached hydrogens (tertiary/aromatic N) is 1. The molecular formula is C24H36ClNO2. The number of carbonyl (C=O) groups is 1. The largest absolute Gasteiger partial charge is 0.393 e. The van der Waals surface area contributed by atoms with E-state index in [-0.39, 0.29) is 22.3 Å². The van der Waals surface area contributed by atoms with E-state index in [1.807, 2.05) is 0 Å². The van der Waals surface area contributed by atoms with Crippen molar-refractivity contribution in [1.82, 2.24) is 4.90 Å². The Kier molecular flexibility index (Phi) is 4.58. The molecule has 28 heavy (non-hydrogen) atoms. The lowest BCUT2D eigenvalue weighted by Gasteiger charge is -2.56. The van der Waals surface area contributed by atoms with Gasteiger partial charge in [0.05, 0.1) is 6.10 Å². The quantitative estimate of drug-likeness (QED) is 0.546. The monoisotopic (exact) mass is 405 g/mol. The van der Waals surface area contributed by atoms with Crippen LogP contribution < -0.4 is 0 Å². The summed E-state index contributed by atoms with van der Waals surface area (Å²) in [6.07, 6.45) is 10.8. The first-order chi connectivity index (χ1) is 13.3. The third kappa shape index (κ3) is 2.58. The van der Waals surface area contributed by atoms with Gasteiger partial charge in [-0.1, -0.05) is 25.5 Å². The lowest BCUT2D eigenvalue weighted by molar-refractivity contribution is -0.137. The highest BCUT2D eigenvalue weighted by Gasteiger charge is 2.66. The molecule has 3 nitrogen and oxygen atoms in total. The smallest absolute Gasteiger partial charge is 0.146 e. The Morgan fingerprint density at radius 1 is 1.18 bits per heavy atom. The molecule has 156 valence electrons. The van der Waals surface area contributed by atoms with Crippen LogP contribution in [0.5, 0.6) is 0 Å². The summed E-state index contributed by atoms with van der Waals surface area (Å²) in [5.41, 5.74) is 1.55. The molecule has 4 heteroatoms. The molecule has 0 radical (unpaired) electrons. The van der Waals surface area contributed by atoms with E-state index in [9.17, 15) is 9.90 Å². The fourth-order valence-corrected chi connectivity index (χ4v) is 8.60. The number of ketones is 1. The number of rotatable bonds is 2. The van der Waals surface area contributed by atoms with Crippen LogP contribution in [0.25, 0.3) is 0 Å². The molecule has 1 saturated heterocycles. The zero-order valence-electron chi connectivity index (χ0n) is 17.6. The van der Waals surface area contributed by atoms with E-state index in [1.54, 1.807) is 0 Å². The molecule has 0 bridgehead atoms. The molecule has 0 amide bonds. The van der Waals surface area contributed by atoms with E-state index in [4.69, 9.17) is 11.6 Å². The van der Waals surface area contributed by atoms with Crippen LogP contribution >= 0.6 is 11.6 Å². The SMILES string of the molecule is C[C@@]12CC[C@@H]3[C@H](CC=C4C[C@@H](O)CC[C@@]43C)[C@H]1C[C@@]1(CCN(CCCl)C1)C2=O. The molecular weight excluding hydrogens is 370 g/mol. The van der Waals surface area contributed by atoms with E-state index in [0.717, 1.165) is 64.6 Å². The Hall–Kier alpha value is -0.380. The van der Waals surface area contributed by atoms with Crippen molar-refractivity contribution in [3.63, 3.8) is 0 Å². The summed E-state index contributed by atoms with van der Waals surface area (Å²) in [5, 5.41) is 10.2. The van der Waals surface area contributed by atoms with Crippen molar-refractivity contribution in [2.75, 3.05) is 25.5 Å². The number of allylic oxidation sites excluding steroid dienone is 1. The summed E-state index contributed by atoms with van der Waals surface area (Å²) in [7, 11) is 0. The zero-order valence-corrected chi connectivity index (χ0v) is 18.3. The van der Waals surface area contributed by atoms with Crippen molar-refractivity contribution >= 4 is 17.4 Å². The highest BCUT2D eigenvalue weighted by atomic mass is 35.5. The van der Waals surface area contributed by atoms with Gasteiger partial charge in [0.2, 0.25) is 0 Å². The van der Waals surface area contributed by atoms with Crippen LogP contribution in [0.2, 0.25) is 0 Å². The first-order valence-corrected chi connectivity index (χ1v) is 12.1. The lowest BCUT2D eigenvalue weighted by atomic mass is 9.48. The Bertz CT molecular complexity index is 707. The molecule has 4 fully saturated rings. The Balaban J connectivity index is 1.45. The van der Waals surface area contributed by atoms with Crippen LogP contribution in [0, 0.1) is 34.0 Å². The minimum atomic E-state index is -0.146. The molecule has 0 unspecified atom stereocenters. The molecule has 3 saturated carbocycles. The summed E-state index contributed by atoms with van der Waals surface area (Å²) in [4.78, 5) is 16.2. The minimum absolute atomic E-state index is 0.103. The zero-order chi connectivity index (χ0) is 19.7. The standard InChI is InChI=1S/C24H36ClNO2/c1-22-7-5-17(27)13-16(22)3-4-18-19(22)6-8-23(2)20(18)14-24(21(23)28)9-11-26(15-24)12-10-25/h3,17-20,27H,4-15H2,1-2H3/t17-,18-,19+,20+,22-,23+,24+/m0/s1. The molecule has 1 heterocycles. The van der Waals surface area contributed by atoms with Gasteiger partial charge in [-0.3, -0.25) is 4.79 Å². The van der Waals surface area contributed by atoms with Crippen LogP contribution in [0.1, 0.15) is 65.2 Å². The predicted molar refractivity (Wildman–Crippen MR) is 112 cm³/mol. The van der Waals surface area contributed by atoms with Gasteiger partial charge in [0.15, 0.2) is 0 Å². The number of fused-ring (bicyclic) bond motifs is 5. The van der Waals surface area contributed by atoms with Crippen LogP contribution in [0.15, 0.2) is 11.6 Å². The minimum Gasteiger partial charge on any atom is -0.393 e. The normalized spacial score (nSPS) is 51.0. The van der Waals surface area contributed by atoms with E-state index in [1.165, 1.54) is 12.0 Å². The second-order valence-corrected chi connectivity index (χ2v) is 11.5. The van der Waals surface area contributed by atoms with Crippen LogP contribution in [0.3, 0.4) is 0 Å². The number of Topliss-reactive ketones (excluding diaryl/α,β-unsaturated/α-hetero) is 1. The maximum atomic E-state index is 13.8. The molecule has 5 aliphatic rings. The second-order valence-electron chi connectivity index (χ2n) is 11.1. The predicted octanol–water partition coefficient (Wildman–Crippen LogP) is 4.42. The first kappa shape index (κ1) is 19.6. The van der Waals surface area contributed by atoms with Gasteiger partial charge < -0.3 is 10.0 Å². The van der Waals surface area contributed by atoms with Crippen LogP contribution in [-0.4, -0.2) is 47.4 Å². The van der Waals surface area contributed by atoms with Crippen molar-refractivity contribution in [3.05, 3.63) is 11.6 Å². The first-order valence-electron chi connectivity index (χ1n) is 11.5.